The molecule has 1 N–H and O–H groups in total. The lowest BCUT2D eigenvalue weighted by Crippen LogP contribution is -2.55. The number of hydrogen-bond donors (Lipinski definition) is 1. The Balaban J connectivity index is 1.36. The van der Waals surface area contributed by atoms with Gasteiger partial charge in [0.25, 0.3) is 0 Å². The second-order valence-corrected chi connectivity index (χ2v) is 7.89. The Kier molecular flexibility index (Phi) is 5.65. The van der Waals surface area contributed by atoms with Crippen molar-refractivity contribution >= 4 is 0 Å². The van der Waals surface area contributed by atoms with Crippen LogP contribution in [0.3, 0.4) is 0 Å². The van der Waals surface area contributed by atoms with Crippen molar-refractivity contribution in [3.8, 4) is 11.5 Å². The van der Waals surface area contributed by atoms with Gasteiger partial charge in [0.05, 0.1) is 7.11 Å². The van der Waals surface area contributed by atoms with Crippen molar-refractivity contribution in [2.75, 3.05) is 26.7 Å². The van der Waals surface area contributed by atoms with Gasteiger partial charge in [-0.25, -0.2) is 0 Å². The van der Waals surface area contributed by atoms with Crippen molar-refractivity contribution in [2.24, 2.45) is 5.92 Å². The highest BCUT2D eigenvalue weighted by Gasteiger charge is 2.33. The van der Waals surface area contributed by atoms with Gasteiger partial charge in [0.15, 0.2) is 11.5 Å². The summed E-state index contributed by atoms with van der Waals surface area (Å²) >= 11 is 0. The van der Waals surface area contributed by atoms with E-state index >= 15 is 0 Å². The first-order valence-electron chi connectivity index (χ1n) is 10.0. The van der Waals surface area contributed by atoms with Crippen LogP contribution in [0.1, 0.15) is 29.5 Å². The molecule has 0 saturated carbocycles. The van der Waals surface area contributed by atoms with Gasteiger partial charge in [-0.05, 0) is 62.0 Å². The van der Waals surface area contributed by atoms with E-state index in [-0.39, 0.29) is 0 Å². The molecular formula is C23H30N2O2. The molecule has 27 heavy (non-hydrogen) atoms. The lowest BCUT2D eigenvalue weighted by molar-refractivity contribution is 0.0720. The van der Waals surface area contributed by atoms with Crippen molar-refractivity contribution in [3.05, 3.63) is 59.2 Å². The van der Waals surface area contributed by atoms with Crippen LogP contribution in [-0.4, -0.2) is 37.7 Å². The number of nitrogens with zero attached hydrogens (tertiary/aromatic N) is 1. The van der Waals surface area contributed by atoms with Gasteiger partial charge < -0.3 is 19.7 Å². The molecule has 4 heteroatoms. The van der Waals surface area contributed by atoms with E-state index in [1.807, 2.05) is 6.07 Å². The monoisotopic (exact) mass is 366 g/mol. The molecule has 1 unspecified atom stereocenters. The molecule has 3 aliphatic rings. The van der Waals surface area contributed by atoms with Crippen LogP contribution in [0, 0.1) is 12.8 Å². The molecule has 0 aliphatic carbocycles. The number of fused-ring (bicyclic) bond motifs is 3. The molecule has 3 fully saturated rings. The molecule has 0 amide bonds. The summed E-state index contributed by atoms with van der Waals surface area (Å²) in [4.78, 5) is 2.58. The summed E-state index contributed by atoms with van der Waals surface area (Å²) in [5.74, 6) is 2.44. The van der Waals surface area contributed by atoms with Crippen molar-refractivity contribution in [1.82, 2.24) is 10.2 Å². The van der Waals surface area contributed by atoms with E-state index in [0.29, 0.717) is 12.6 Å². The van der Waals surface area contributed by atoms with Gasteiger partial charge in [-0.3, -0.25) is 0 Å². The molecule has 4 nitrogen and oxygen atoms in total. The molecular weight excluding hydrogens is 336 g/mol. The van der Waals surface area contributed by atoms with Gasteiger partial charge in [0, 0.05) is 19.1 Å². The quantitative estimate of drug-likeness (QED) is 0.809. The van der Waals surface area contributed by atoms with E-state index in [2.05, 4.69) is 53.5 Å². The molecule has 3 aliphatic heterocycles. The average molecular weight is 367 g/mol. The summed E-state index contributed by atoms with van der Waals surface area (Å²) in [5, 5.41) is 3.77. The number of nitrogens with one attached hydrogen (secondary N) is 1. The Morgan fingerprint density at radius 1 is 1.04 bits per heavy atom. The lowest BCUT2D eigenvalue weighted by Gasteiger charge is -2.45. The summed E-state index contributed by atoms with van der Waals surface area (Å²) in [5.41, 5.74) is 3.66. The van der Waals surface area contributed by atoms with Gasteiger partial charge in [-0.1, -0.05) is 35.9 Å². The zero-order valence-electron chi connectivity index (χ0n) is 16.4. The second-order valence-electron chi connectivity index (χ2n) is 7.89. The van der Waals surface area contributed by atoms with E-state index in [4.69, 9.17) is 9.47 Å². The van der Waals surface area contributed by atoms with E-state index in [0.717, 1.165) is 24.0 Å². The number of aryl methyl sites for hydroxylation is 1. The number of rotatable bonds is 7. The first kappa shape index (κ1) is 18.3. The third-order valence-electron chi connectivity index (χ3n) is 5.93. The van der Waals surface area contributed by atoms with Crippen LogP contribution < -0.4 is 14.8 Å². The second kappa shape index (κ2) is 8.32. The third-order valence-corrected chi connectivity index (χ3v) is 5.93. The van der Waals surface area contributed by atoms with E-state index < -0.39 is 0 Å². The van der Waals surface area contributed by atoms with Crippen LogP contribution in [0.5, 0.6) is 11.5 Å². The molecule has 2 bridgehead atoms. The van der Waals surface area contributed by atoms with Crippen LogP contribution >= 0.6 is 0 Å². The Labute approximate surface area is 162 Å². The number of benzene rings is 2. The van der Waals surface area contributed by atoms with Crippen molar-refractivity contribution in [1.29, 1.82) is 0 Å². The molecule has 144 valence electrons. The van der Waals surface area contributed by atoms with Gasteiger partial charge >= 0.3 is 0 Å². The molecule has 2 aromatic carbocycles. The maximum Gasteiger partial charge on any atom is 0.161 e. The molecule has 2 aromatic rings. The van der Waals surface area contributed by atoms with Crippen molar-refractivity contribution < 1.29 is 9.47 Å². The maximum atomic E-state index is 6.01. The summed E-state index contributed by atoms with van der Waals surface area (Å²) in [6, 6.07) is 15.3. The maximum absolute atomic E-state index is 6.01. The molecule has 0 radical (unpaired) electrons. The minimum absolute atomic E-state index is 0.551. The van der Waals surface area contributed by atoms with Crippen LogP contribution in [0.4, 0.5) is 0 Å². The number of ether oxygens (including phenoxy) is 2. The Bertz CT molecular complexity index is 769. The van der Waals surface area contributed by atoms with Crippen molar-refractivity contribution in [2.45, 2.75) is 39.0 Å². The predicted octanol–water partition coefficient (Wildman–Crippen LogP) is 3.77. The summed E-state index contributed by atoms with van der Waals surface area (Å²) in [6.07, 6.45) is 2.68. The largest absolute Gasteiger partial charge is 0.493 e. The molecule has 0 spiro atoms. The Morgan fingerprint density at radius 2 is 1.89 bits per heavy atom. The van der Waals surface area contributed by atoms with Gasteiger partial charge in [0.1, 0.15) is 6.61 Å². The van der Waals surface area contributed by atoms with Crippen LogP contribution in [0.15, 0.2) is 42.5 Å². The van der Waals surface area contributed by atoms with E-state index in [1.165, 1.54) is 49.2 Å². The van der Waals surface area contributed by atoms with Gasteiger partial charge in [-0.15, -0.1) is 0 Å². The van der Waals surface area contributed by atoms with Gasteiger partial charge in [-0.2, -0.15) is 0 Å². The summed E-state index contributed by atoms with van der Waals surface area (Å²) in [7, 11) is 1.71. The van der Waals surface area contributed by atoms with E-state index in [9.17, 15) is 0 Å². The fraction of sp³-hybridized carbons (Fsp3) is 0.478. The summed E-state index contributed by atoms with van der Waals surface area (Å²) in [6.45, 7) is 7.28. The molecule has 3 heterocycles. The molecule has 0 aromatic heterocycles. The topological polar surface area (TPSA) is 33.7 Å². The normalized spacial score (nSPS) is 24.0. The smallest absolute Gasteiger partial charge is 0.161 e. The zero-order chi connectivity index (χ0) is 18.6. The summed E-state index contributed by atoms with van der Waals surface area (Å²) < 4.78 is 11.6. The lowest BCUT2D eigenvalue weighted by atomic mass is 9.84. The first-order chi connectivity index (χ1) is 13.2. The highest BCUT2D eigenvalue weighted by atomic mass is 16.5. The van der Waals surface area contributed by atoms with Crippen molar-refractivity contribution in [3.63, 3.8) is 0 Å². The predicted molar refractivity (Wildman–Crippen MR) is 108 cm³/mol. The highest BCUT2D eigenvalue weighted by Crippen LogP contribution is 2.30. The van der Waals surface area contributed by atoms with Crippen LogP contribution in [-0.2, 0) is 13.2 Å². The fourth-order valence-electron chi connectivity index (χ4n) is 4.35. The molecule has 3 saturated heterocycles. The third kappa shape index (κ3) is 4.45. The number of piperidine rings is 3. The minimum atomic E-state index is 0.551. The van der Waals surface area contributed by atoms with Crippen LogP contribution in [0.2, 0.25) is 0 Å². The molecule has 5 rings (SSSR count). The SMILES string of the molecule is COc1cc(CNC2CN3CCC2CC3)ccc1OCc1cccc(C)c1. The Morgan fingerprint density at radius 3 is 2.59 bits per heavy atom. The fourth-order valence-corrected chi connectivity index (χ4v) is 4.35. The van der Waals surface area contributed by atoms with Crippen LogP contribution in [0.25, 0.3) is 0 Å². The minimum Gasteiger partial charge on any atom is -0.493 e. The van der Waals surface area contributed by atoms with Gasteiger partial charge in [0.2, 0.25) is 0 Å². The van der Waals surface area contributed by atoms with E-state index in [1.54, 1.807) is 7.11 Å². The standard InChI is InChI=1S/C23H30N2O2/c1-17-4-3-5-19(12-17)16-27-22-7-6-18(13-23(22)26-2)14-24-21-15-25-10-8-20(21)9-11-25/h3-7,12-13,20-21,24H,8-11,14-16H2,1-2H3. The number of hydrogen-bond acceptors (Lipinski definition) is 4. The average Bonchev–Trinajstić information content (AvgIpc) is 2.72. The Hall–Kier alpha value is -2.04. The molecule has 1 atom stereocenters. The number of methoxy groups -OCH3 is 1. The first-order valence-corrected chi connectivity index (χ1v) is 10.0. The highest BCUT2D eigenvalue weighted by molar-refractivity contribution is 5.43. The zero-order valence-corrected chi connectivity index (χ0v) is 16.4.